The van der Waals surface area contributed by atoms with Gasteiger partial charge in [-0.25, -0.2) is 0 Å². The summed E-state index contributed by atoms with van der Waals surface area (Å²) in [5.41, 5.74) is 3.30. The second-order valence-electron chi connectivity index (χ2n) is 8.20. The Labute approximate surface area is 219 Å². The Kier molecular flexibility index (Phi) is 8.26. The second-order valence-corrected chi connectivity index (χ2v) is 9.04. The fraction of sp³-hybridized carbons (Fsp3) is 0.103. The van der Waals surface area contributed by atoms with Gasteiger partial charge in [0.2, 0.25) is 0 Å². The molecule has 1 aromatic heterocycles. The van der Waals surface area contributed by atoms with Crippen molar-refractivity contribution < 1.29 is 14.0 Å². The van der Waals surface area contributed by atoms with Crippen molar-refractivity contribution in [3.63, 3.8) is 0 Å². The normalized spacial score (nSPS) is 11.2. The molecule has 3 aromatic carbocycles. The van der Waals surface area contributed by atoms with Gasteiger partial charge in [-0.2, -0.15) is 0 Å². The first-order valence-corrected chi connectivity index (χ1v) is 12.1. The minimum absolute atomic E-state index is 0.0664. The van der Waals surface area contributed by atoms with Crippen molar-refractivity contribution in [2.45, 2.75) is 13.3 Å². The molecule has 7 heteroatoms. The van der Waals surface area contributed by atoms with Gasteiger partial charge >= 0.3 is 0 Å². The number of benzene rings is 3. The molecule has 0 saturated heterocycles. The molecule has 0 spiro atoms. The Hall–Kier alpha value is -3.80. The van der Waals surface area contributed by atoms with E-state index in [1.807, 2.05) is 49.4 Å². The summed E-state index contributed by atoms with van der Waals surface area (Å²) in [5, 5.41) is 6.56. The summed E-state index contributed by atoms with van der Waals surface area (Å²) >= 11 is 12.3. The van der Waals surface area contributed by atoms with Crippen LogP contribution in [0.25, 0.3) is 17.4 Å². The number of hydrogen-bond donors (Lipinski definition) is 2. The van der Waals surface area contributed by atoms with E-state index < -0.39 is 11.8 Å². The van der Waals surface area contributed by atoms with Crippen molar-refractivity contribution in [2.75, 3.05) is 6.54 Å². The first kappa shape index (κ1) is 25.3. The summed E-state index contributed by atoms with van der Waals surface area (Å²) < 4.78 is 5.91. The number of furan rings is 1. The first-order chi connectivity index (χ1) is 17.4. The molecule has 182 valence electrons. The lowest BCUT2D eigenvalue weighted by Crippen LogP contribution is -2.35. The van der Waals surface area contributed by atoms with Gasteiger partial charge in [0, 0.05) is 28.8 Å². The van der Waals surface area contributed by atoms with Crippen LogP contribution in [0.15, 0.2) is 95.0 Å². The summed E-state index contributed by atoms with van der Waals surface area (Å²) in [4.78, 5) is 25.9. The van der Waals surface area contributed by atoms with Crippen LogP contribution in [0, 0.1) is 6.92 Å². The van der Waals surface area contributed by atoms with Crippen LogP contribution < -0.4 is 10.6 Å². The van der Waals surface area contributed by atoms with Gasteiger partial charge in [-0.15, -0.1) is 0 Å². The molecule has 0 fully saturated rings. The van der Waals surface area contributed by atoms with Gasteiger partial charge in [0.15, 0.2) is 0 Å². The Morgan fingerprint density at radius 1 is 0.917 bits per heavy atom. The maximum absolute atomic E-state index is 13.1. The minimum Gasteiger partial charge on any atom is -0.457 e. The molecule has 0 saturated carbocycles. The number of aryl methyl sites for hydroxylation is 1. The zero-order valence-corrected chi connectivity index (χ0v) is 21.1. The fourth-order valence-electron chi connectivity index (χ4n) is 3.52. The van der Waals surface area contributed by atoms with Crippen LogP contribution >= 0.6 is 23.2 Å². The maximum atomic E-state index is 13.1. The van der Waals surface area contributed by atoms with Gasteiger partial charge in [0.05, 0.1) is 5.02 Å². The number of carbonyl (C=O) groups is 2. The summed E-state index contributed by atoms with van der Waals surface area (Å²) in [5.74, 6) is 0.0749. The van der Waals surface area contributed by atoms with E-state index >= 15 is 0 Å². The molecule has 0 aliphatic heterocycles. The number of nitrogens with one attached hydrogen (secondary N) is 2. The third-order valence-electron chi connectivity index (χ3n) is 5.46. The lowest BCUT2D eigenvalue weighted by molar-refractivity contribution is -0.117. The monoisotopic (exact) mass is 518 g/mol. The molecule has 0 aliphatic carbocycles. The average Bonchev–Trinajstić information content (AvgIpc) is 3.32. The van der Waals surface area contributed by atoms with Crippen molar-refractivity contribution in [1.82, 2.24) is 10.6 Å². The Bertz CT molecular complexity index is 1390. The van der Waals surface area contributed by atoms with Crippen molar-refractivity contribution in [3.8, 4) is 11.3 Å². The Balaban J connectivity index is 1.55. The molecule has 1 heterocycles. The number of halogens is 2. The highest BCUT2D eigenvalue weighted by atomic mass is 35.5. The highest BCUT2D eigenvalue weighted by Gasteiger charge is 2.16. The molecule has 4 rings (SSSR count). The van der Waals surface area contributed by atoms with Crippen molar-refractivity contribution >= 4 is 41.1 Å². The fourth-order valence-corrected chi connectivity index (χ4v) is 4.03. The molecule has 0 unspecified atom stereocenters. The molecule has 36 heavy (non-hydrogen) atoms. The van der Waals surface area contributed by atoms with E-state index in [0.29, 0.717) is 45.7 Å². The minimum atomic E-state index is -0.422. The molecular formula is C29H24Cl2N2O3. The molecule has 0 radical (unpaired) electrons. The van der Waals surface area contributed by atoms with Gasteiger partial charge in [0.1, 0.15) is 17.2 Å². The molecule has 4 aromatic rings. The highest BCUT2D eigenvalue weighted by Crippen LogP contribution is 2.32. The largest absolute Gasteiger partial charge is 0.457 e. The van der Waals surface area contributed by atoms with Gasteiger partial charge in [-0.3, -0.25) is 9.59 Å². The summed E-state index contributed by atoms with van der Waals surface area (Å²) in [7, 11) is 0. The second kappa shape index (κ2) is 11.8. The van der Waals surface area contributed by atoms with E-state index in [-0.39, 0.29) is 5.70 Å². The number of hydrogen-bond acceptors (Lipinski definition) is 3. The lowest BCUT2D eigenvalue weighted by atomic mass is 10.1. The Morgan fingerprint density at radius 2 is 1.67 bits per heavy atom. The van der Waals surface area contributed by atoms with Crippen molar-refractivity contribution in [3.05, 3.63) is 123 Å². The average molecular weight is 519 g/mol. The standard InChI is InChI=1S/C29H24Cl2N2O3/c1-19-7-9-21(10-8-19)28(34)33-26(29(35)32-16-15-20-5-3-2-4-6-20)18-23-12-14-27(36-23)24-13-11-22(30)17-25(24)31/h2-14,17-18H,15-16H2,1H3,(H,32,35)(H,33,34)/b26-18-. The Morgan fingerprint density at radius 3 is 2.39 bits per heavy atom. The van der Waals surface area contributed by atoms with Crippen LogP contribution in [0.2, 0.25) is 10.0 Å². The predicted octanol–water partition coefficient (Wildman–Crippen LogP) is 6.69. The van der Waals surface area contributed by atoms with Crippen LogP contribution in [0.3, 0.4) is 0 Å². The predicted molar refractivity (Wildman–Crippen MR) is 144 cm³/mol. The van der Waals surface area contributed by atoms with E-state index in [4.69, 9.17) is 27.6 Å². The topological polar surface area (TPSA) is 71.3 Å². The smallest absolute Gasteiger partial charge is 0.267 e. The highest BCUT2D eigenvalue weighted by molar-refractivity contribution is 6.36. The zero-order valence-electron chi connectivity index (χ0n) is 19.6. The van der Waals surface area contributed by atoms with E-state index in [2.05, 4.69) is 10.6 Å². The van der Waals surface area contributed by atoms with Gasteiger partial charge in [-0.1, -0.05) is 71.2 Å². The van der Waals surface area contributed by atoms with Crippen LogP contribution in [0.1, 0.15) is 27.2 Å². The third kappa shape index (κ3) is 6.66. The molecule has 2 N–H and O–H groups in total. The molecular weight excluding hydrogens is 495 g/mol. The van der Waals surface area contributed by atoms with E-state index in [9.17, 15) is 9.59 Å². The molecule has 0 bridgehead atoms. The third-order valence-corrected chi connectivity index (χ3v) is 6.01. The lowest BCUT2D eigenvalue weighted by Gasteiger charge is -2.11. The van der Waals surface area contributed by atoms with Gasteiger partial charge in [-0.05, 0) is 61.4 Å². The van der Waals surface area contributed by atoms with Crippen molar-refractivity contribution in [2.24, 2.45) is 0 Å². The quantitative estimate of drug-likeness (QED) is 0.255. The molecule has 2 amide bonds. The van der Waals surface area contributed by atoms with Crippen molar-refractivity contribution in [1.29, 1.82) is 0 Å². The van der Waals surface area contributed by atoms with Crippen LogP contribution in [-0.2, 0) is 11.2 Å². The van der Waals surface area contributed by atoms with Crippen LogP contribution in [0.5, 0.6) is 0 Å². The summed E-state index contributed by atoms with van der Waals surface area (Å²) in [6.07, 6.45) is 2.16. The van der Waals surface area contributed by atoms with Gasteiger partial charge < -0.3 is 15.1 Å². The van der Waals surface area contributed by atoms with Gasteiger partial charge in [0.25, 0.3) is 11.8 Å². The van der Waals surface area contributed by atoms with Crippen LogP contribution in [-0.4, -0.2) is 18.4 Å². The first-order valence-electron chi connectivity index (χ1n) is 11.4. The molecule has 0 aliphatic rings. The molecule has 5 nitrogen and oxygen atoms in total. The number of rotatable bonds is 8. The van der Waals surface area contributed by atoms with Crippen LogP contribution in [0.4, 0.5) is 0 Å². The van der Waals surface area contributed by atoms with E-state index in [0.717, 1.165) is 11.1 Å². The summed E-state index contributed by atoms with van der Waals surface area (Å²) in [6.45, 7) is 2.35. The summed E-state index contributed by atoms with van der Waals surface area (Å²) in [6, 6.07) is 25.5. The van der Waals surface area contributed by atoms with E-state index in [1.54, 1.807) is 42.5 Å². The zero-order chi connectivity index (χ0) is 25.5. The van der Waals surface area contributed by atoms with E-state index in [1.165, 1.54) is 6.08 Å². The number of amides is 2. The maximum Gasteiger partial charge on any atom is 0.267 e. The molecule has 0 atom stereocenters. The number of carbonyl (C=O) groups excluding carboxylic acids is 2. The SMILES string of the molecule is Cc1ccc(C(=O)N/C(=C\c2ccc(-c3ccc(Cl)cc3Cl)o2)C(=O)NCCc2ccccc2)cc1.